The Morgan fingerprint density at radius 2 is 1.00 bits per heavy atom. The van der Waals surface area contributed by atoms with Crippen LogP contribution in [0.25, 0.3) is 0 Å². The lowest BCUT2D eigenvalue weighted by molar-refractivity contribution is -0.929. The van der Waals surface area contributed by atoms with Gasteiger partial charge in [-0.05, 0) is 37.5 Å². The van der Waals surface area contributed by atoms with E-state index in [9.17, 15) is 9.90 Å². The van der Waals surface area contributed by atoms with E-state index in [1.54, 1.807) is 0 Å². The van der Waals surface area contributed by atoms with E-state index in [2.05, 4.69) is 27.7 Å². The standard InChI is InChI=1S/C16H36N.C6H12O2/c1-5-9-13-17(14-10-6-2,15-11-7-3)16-12-8-4;1-6(2,3)4-5(7)8/h5-16H2,1-4H3;4H2,1-3H3,(H,7,8)/q+1;/p-1. The van der Waals surface area contributed by atoms with Crippen LogP contribution in [-0.4, -0.2) is 36.6 Å². The van der Waals surface area contributed by atoms with Crippen molar-refractivity contribution in [3.63, 3.8) is 0 Å². The second-order valence-electron chi connectivity index (χ2n) is 8.76. The molecule has 0 bridgehead atoms. The highest BCUT2D eigenvalue weighted by Crippen LogP contribution is 2.17. The van der Waals surface area contributed by atoms with Crippen molar-refractivity contribution in [1.29, 1.82) is 0 Å². The van der Waals surface area contributed by atoms with Crippen LogP contribution in [0.3, 0.4) is 0 Å². The lowest BCUT2D eigenvalue weighted by Gasteiger charge is -2.39. The fourth-order valence-corrected chi connectivity index (χ4v) is 3.08. The number of quaternary nitrogens is 1. The molecule has 0 aliphatic rings. The monoisotopic (exact) mass is 357 g/mol. The topological polar surface area (TPSA) is 40.1 Å². The summed E-state index contributed by atoms with van der Waals surface area (Å²) in [5.41, 5.74) is -0.140. The highest BCUT2D eigenvalue weighted by molar-refractivity contribution is 5.64. The van der Waals surface area contributed by atoms with E-state index in [1.165, 1.54) is 82.0 Å². The van der Waals surface area contributed by atoms with Crippen LogP contribution in [0, 0.1) is 5.41 Å². The van der Waals surface area contributed by atoms with Crippen molar-refractivity contribution in [2.75, 3.05) is 26.2 Å². The first kappa shape index (κ1) is 26.7. The minimum absolute atomic E-state index is 0.132. The van der Waals surface area contributed by atoms with E-state index in [0.29, 0.717) is 0 Å². The zero-order valence-electron chi connectivity index (χ0n) is 18.5. The molecule has 0 aliphatic heterocycles. The van der Waals surface area contributed by atoms with Gasteiger partial charge < -0.3 is 14.4 Å². The molecule has 0 radical (unpaired) electrons. The number of aliphatic carboxylic acids is 1. The Bertz CT molecular complexity index is 270. The van der Waals surface area contributed by atoms with Crippen LogP contribution in [0.1, 0.15) is 106 Å². The summed E-state index contributed by atoms with van der Waals surface area (Å²) in [6.07, 6.45) is 11.2. The number of hydrogen-bond donors (Lipinski definition) is 0. The zero-order chi connectivity index (χ0) is 19.8. The van der Waals surface area contributed by atoms with Crippen LogP contribution in [0.15, 0.2) is 0 Å². The molecule has 25 heavy (non-hydrogen) atoms. The molecule has 0 unspecified atom stereocenters. The van der Waals surface area contributed by atoms with Crippen molar-refractivity contribution >= 4 is 5.97 Å². The number of unbranched alkanes of at least 4 members (excludes halogenated alkanes) is 4. The van der Waals surface area contributed by atoms with E-state index < -0.39 is 5.97 Å². The molecule has 0 fully saturated rings. The fourth-order valence-electron chi connectivity index (χ4n) is 3.08. The molecule has 0 aromatic heterocycles. The molecule has 0 rings (SSSR count). The van der Waals surface area contributed by atoms with Crippen LogP contribution in [-0.2, 0) is 4.79 Å². The van der Waals surface area contributed by atoms with Gasteiger partial charge in [0.05, 0.1) is 26.2 Å². The molecule has 3 heteroatoms. The molecule has 0 aromatic carbocycles. The van der Waals surface area contributed by atoms with Crippen molar-refractivity contribution in [2.24, 2.45) is 5.41 Å². The van der Waals surface area contributed by atoms with Crippen LogP contribution in [0.2, 0.25) is 0 Å². The summed E-state index contributed by atoms with van der Waals surface area (Å²) in [6, 6.07) is 0. The Labute approximate surface area is 158 Å². The Morgan fingerprint density at radius 3 is 1.12 bits per heavy atom. The highest BCUT2D eigenvalue weighted by atomic mass is 16.4. The predicted molar refractivity (Wildman–Crippen MR) is 108 cm³/mol. The first-order valence-electron chi connectivity index (χ1n) is 10.7. The van der Waals surface area contributed by atoms with Gasteiger partial charge in [-0.15, -0.1) is 0 Å². The highest BCUT2D eigenvalue weighted by Gasteiger charge is 2.24. The maximum absolute atomic E-state index is 9.90. The first-order chi connectivity index (χ1) is 11.7. The van der Waals surface area contributed by atoms with Crippen LogP contribution < -0.4 is 5.11 Å². The maximum atomic E-state index is 9.90. The van der Waals surface area contributed by atoms with Gasteiger partial charge in [0, 0.05) is 5.97 Å². The molecule has 0 N–H and O–H groups in total. The second-order valence-corrected chi connectivity index (χ2v) is 8.76. The number of carbonyl (C=O) groups excluding carboxylic acids is 1. The maximum Gasteiger partial charge on any atom is 0.0786 e. The van der Waals surface area contributed by atoms with Crippen LogP contribution >= 0.6 is 0 Å². The Kier molecular flexibility index (Phi) is 16.7. The summed E-state index contributed by atoms with van der Waals surface area (Å²) >= 11 is 0. The zero-order valence-corrected chi connectivity index (χ0v) is 18.5. The smallest absolute Gasteiger partial charge is 0.0786 e. The van der Waals surface area contributed by atoms with E-state index >= 15 is 0 Å². The van der Waals surface area contributed by atoms with Crippen molar-refractivity contribution in [1.82, 2.24) is 0 Å². The molecule has 0 atom stereocenters. The quantitative estimate of drug-likeness (QED) is 0.426. The fraction of sp³-hybridized carbons (Fsp3) is 0.955. The molecule has 0 aliphatic carbocycles. The molecule has 0 saturated heterocycles. The van der Waals surface area contributed by atoms with Gasteiger partial charge in [-0.1, -0.05) is 74.1 Å². The minimum atomic E-state index is -0.975. The Morgan fingerprint density at radius 1 is 0.720 bits per heavy atom. The summed E-state index contributed by atoms with van der Waals surface area (Å²) in [5, 5.41) is 9.90. The number of carboxylic acid groups (broad SMARTS) is 1. The molecular weight excluding hydrogens is 310 g/mol. The first-order valence-corrected chi connectivity index (χ1v) is 10.7. The molecule has 0 saturated carbocycles. The number of hydrogen-bond acceptors (Lipinski definition) is 2. The van der Waals surface area contributed by atoms with E-state index in [4.69, 9.17) is 0 Å². The molecule has 3 nitrogen and oxygen atoms in total. The van der Waals surface area contributed by atoms with Crippen molar-refractivity contribution in [3.05, 3.63) is 0 Å². The van der Waals surface area contributed by atoms with Gasteiger partial charge in [-0.3, -0.25) is 0 Å². The molecule has 0 spiro atoms. The van der Waals surface area contributed by atoms with Gasteiger partial charge in [0.25, 0.3) is 0 Å². The predicted octanol–water partition coefficient (Wildman–Crippen LogP) is 5.18. The summed E-state index contributed by atoms with van der Waals surface area (Å²) < 4.78 is 1.42. The van der Waals surface area contributed by atoms with Gasteiger partial charge in [0.1, 0.15) is 0 Å². The summed E-state index contributed by atoms with van der Waals surface area (Å²) in [5.74, 6) is -0.975. The normalized spacial score (nSPS) is 11.8. The SMILES string of the molecule is CC(C)(C)CC(=O)[O-].CCCC[N+](CCCC)(CCCC)CCCC. The molecule has 152 valence electrons. The average molecular weight is 358 g/mol. The third-order valence-electron chi connectivity index (χ3n) is 4.62. The van der Waals surface area contributed by atoms with Crippen LogP contribution in [0.5, 0.6) is 0 Å². The van der Waals surface area contributed by atoms with Gasteiger partial charge in [0.2, 0.25) is 0 Å². The lowest BCUT2D eigenvalue weighted by Crippen LogP contribution is -2.50. The number of nitrogens with zero attached hydrogens (tertiary/aromatic N) is 1. The van der Waals surface area contributed by atoms with E-state index in [1.807, 2.05) is 20.8 Å². The van der Waals surface area contributed by atoms with Gasteiger partial charge in [-0.25, -0.2) is 0 Å². The number of carboxylic acids is 1. The van der Waals surface area contributed by atoms with Crippen molar-refractivity contribution in [2.45, 2.75) is 106 Å². The summed E-state index contributed by atoms with van der Waals surface area (Å²) in [7, 11) is 0. The molecule has 0 aromatic rings. The van der Waals surface area contributed by atoms with Crippen LogP contribution in [0.4, 0.5) is 0 Å². The van der Waals surface area contributed by atoms with Gasteiger partial charge in [0.15, 0.2) is 0 Å². The molecular formula is C22H47NO2. The van der Waals surface area contributed by atoms with Crippen molar-refractivity contribution < 1.29 is 14.4 Å². The van der Waals surface area contributed by atoms with Gasteiger partial charge >= 0.3 is 0 Å². The van der Waals surface area contributed by atoms with E-state index in [0.717, 1.165) is 0 Å². The van der Waals surface area contributed by atoms with Gasteiger partial charge in [-0.2, -0.15) is 0 Å². The van der Waals surface area contributed by atoms with Crippen molar-refractivity contribution in [3.8, 4) is 0 Å². The Balaban J connectivity index is 0. The summed E-state index contributed by atoms with van der Waals surface area (Å²) in [6.45, 7) is 20.6. The number of rotatable bonds is 13. The average Bonchev–Trinajstić information content (AvgIpc) is 2.52. The number of carbonyl (C=O) groups is 1. The summed E-state index contributed by atoms with van der Waals surface area (Å²) in [4.78, 5) is 9.90. The van der Waals surface area contributed by atoms with E-state index in [-0.39, 0.29) is 11.8 Å². The third-order valence-corrected chi connectivity index (χ3v) is 4.62. The Hall–Kier alpha value is -0.570. The molecule has 0 heterocycles. The minimum Gasteiger partial charge on any atom is -0.550 e. The largest absolute Gasteiger partial charge is 0.550 e. The molecule has 0 amide bonds. The second kappa shape index (κ2) is 15.7. The third kappa shape index (κ3) is 18.0. The lowest BCUT2D eigenvalue weighted by atomic mass is 9.93.